The SMILES string of the molecule is CC(C)c1cccc(C(C)C)c1NC(=O)CCCCCSc1nc2ccccc2s1. The number of thioether (sulfide) groups is 1. The molecule has 3 aromatic rings. The Morgan fingerprint density at radius 1 is 0.967 bits per heavy atom. The van der Waals surface area contributed by atoms with Crippen LogP contribution in [0.3, 0.4) is 0 Å². The van der Waals surface area contributed by atoms with Crippen LogP contribution in [0, 0.1) is 0 Å². The Morgan fingerprint density at radius 3 is 2.33 bits per heavy atom. The van der Waals surface area contributed by atoms with Crippen LogP contribution in [0.25, 0.3) is 10.2 Å². The van der Waals surface area contributed by atoms with Gasteiger partial charge in [0.15, 0.2) is 4.34 Å². The number of benzene rings is 2. The maximum atomic E-state index is 12.6. The summed E-state index contributed by atoms with van der Waals surface area (Å²) in [5, 5.41) is 3.22. The fourth-order valence-electron chi connectivity index (χ4n) is 3.53. The number of nitrogens with one attached hydrogen (secondary N) is 1. The molecular formula is C25H32N2OS2. The average Bonchev–Trinajstić information content (AvgIpc) is 3.13. The Bertz CT molecular complexity index is 919. The number of thiazole rings is 1. The molecule has 0 spiro atoms. The number of nitrogens with zero attached hydrogens (tertiary/aromatic N) is 1. The van der Waals surface area contributed by atoms with Crippen molar-refractivity contribution in [2.24, 2.45) is 0 Å². The molecule has 2 aromatic carbocycles. The van der Waals surface area contributed by atoms with Gasteiger partial charge in [0.1, 0.15) is 0 Å². The third kappa shape index (κ3) is 6.08. The molecule has 1 N–H and O–H groups in total. The number of hydrogen-bond donors (Lipinski definition) is 1. The summed E-state index contributed by atoms with van der Waals surface area (Å²) in [6, 6.07) is 14.6. The highest BCUT2D eigenvalue weighted by atomic mass is 32.2. The van der Waals surface area contributed by atoms with Crippen molar-refractivity contribution in [3.8, 4) is 0 Å². The minimum atomic E-state index is 0.129. The standard InChI is InChI=1S/C25H32N2OS2/c1-17(2)19-11-10-12-20(18(3)4)24(19)27-23(28)15-6-5-9-16-29-25-26-21-13-7-8-14-22(21)30-25/h7-8,10-14,17-18H,5-6,9,15-16H2,1-4H3,(H,27,28). The Labute approximate surface area is 188 Å². The minimum Gasteiger partial charge on any atom is -0.326 e. The topological polar surface area (TPSA) is 42.0 Å². The Balaban J connectivity index is 1.43. The first-order valence-electron chi connectivity index (χ1n) is 10.9. The molecule has 3 rings (SSSR count). The van der Waals surface area contributed by atoms with E-state index in [9.17, 15) is 4.79 Å². The van der Waals surface area contributed by atoms with Crippen molar-refractivity contribution >= 4 is 44.9 Å². The van der Waals surface area contributed by atoms with E-state index >= 15 is 0 Å². The number of fused-ring (bicyclic) bond motifs is 1. The van der Waals surface area contributed by atoms with Gasteiger partial charge in [0.25, 0.3) is 0 Å². The monoisotopic (exact) mass is 440 g/mol. The minimum absolute atomic E-state index is 0.129. The third-order valence-electron chi connectivity index (χ3n) is 5.19. The molecule has 1 aromatic heterocycles. The molecule has 0 unspecified atom stereocenters. The fourth-order valence-corrected chi connectivity index (χ4v) is 5.67. The number of para-hydroxylation sites is 2. The van der Waals surface area contributed by atoms with Crippen molar-refractivity contribution in [2.75, 3.05) is 11.1 Å². The smallest absolute Gasteiger partial charge is 0.224 e. The lowest BCUT2D eigenvalue weighted by Gasteiger charge is -2.20. The zero-order chi connectivity index (χ0) is 21.5. The molecular weight excluding hydrogens is 408 g/mol. The lowest BCUT2D eigenvalue weighted by Crippen LogP contribution is -2.15. The van der Waals surface area contributed by atoms with Crippen LogP contribution in [0.5, 0.6) is 0 Å². The van der Waals surface area contributed by atoms with Gasteiger partial charge in [0.2, 0.25) is 5.91 Å². The summed E-state index contributed by atoms with van der Waals surface area (Å²) in [7, 11) is 0. The van der Waals surface area contributed by atoms with E-state index in [0.717, 1.165) is 40.6 Å². The molecule has 30 heavy (non-hydrogen) atoms. The molecule has 0 fully saturated rings. The van der Waals surface area contributed by atoms with Crippen LogP contribution in [0.4, 0.5) is 5.69 Å². The normalized spacial score (nSPS) is 11.5. The van der Waals surface area contributed by atoms with Crippen LogP contribution in [0.1, 0.15) is 76.3 Å². The second kappa shape index (κ2) is 11.0. The highest BCUT2D eigenvalue weighted by Gasteiger charge is 2.15. The molecule has 0 aliphatic rings. The van der Waals surface area contributed by atoms with Crippen molar-refractivity contribution in [1.29, 1.82) is 0 Å². The van der Waals surface area contributed by atoms with Crippen molar-refractivity contribution in [3.63, 3.8) is 0 Å². The molecule has 1 heterocycles. The highest BCUT2D eigenvalue weighted by molar-refractivity contribution is 8.01. The lowest BCUT2D eigenvalue weighted by atomic mass is 9.92. The van der Waals surface area contributed by atoms with E-state index in [-0.39, 0.29) is 5.91 Å². The number of anilines is 1. The summed E-state index contributed by atoms with van der Waals surface area (Å²) >= 11 is 3.59. The van der Waals surface area contributed by atoms with Crippen LogP contribution in [-0.2, 0) is 4.79 Å². The summed E-state index contributed by atoms with van der Waals surface area (Å²) in [4.78, 5) is 17.3. The molecule has 0 aliphatic carbocycles. The third-order valence-corrected chi connectivity index (χ3v) is 7.45. The number of carbonyl (C=O) groups is 1. The van der Waals surface area contributed by atoms with Crippen LogP contribution < -0.4 is 5.32 Å². The predicted molar refractivity (Wildman–Crippen MR) is 132 cm³/mol. The van der Waals surface area contributed by atoms with Crippen LogP contribution in [-0.4, -0.2) is 16.6 Å². The van der Waals surface area contributed by atoms with Gasteiger partial charge < -0.3 is 5.32 Å². The van der Waals surface area contributed by atoms with Gasteiger partial charge in [-0.1, -0.05) is 76.2 Å². The summed E-state index contributed by atoms with van der Waals surface area (Å²) in [6.45, 7) is 8.72. The van der Waals surface area contributed by atoms with E-state index in [1.54, 1.807) is 11.3 Å². The van der Waals surface area contributed by atoms with E-state index < -0.39 is 0 Å². The molecule has 0 atom stereocenters. The van der Waals surface area contributed by atoms with Crippen molar-refractivity contribution in [2.45, 2.75) is 69.6 Å². The number of rotatable bonds is 10. The number of carbonyl (C=O) groups excluding carboxylic acids is 1. The van der Waals surface area contributed by atoms with E-state index in [1.165, 1.54) is 15.8 Å². The van der Waals surface area contributed by atoms with Gasteiger partial charge in [-0.05, 0) is 47.9 Å². The number of amides is 1. The first-order chi connectivity index (χ1) is 14.5. The van der Waals surface area contributed by atoms with Gasteiger partial charge in [0, 0.05) is 17.9 Å². The van der Waals surface area contributed by atoms with Crippen LogP contribution in [0.2, 0.25) is 0 Å². The van der Waals surface area contributed by atoms with E-state index in [1.807, 2.05) is 17.8 Å². The number of aromatic nitrogens is 1. The fraction of sp³-hybridized carbons (Fsp3) is 0.440. The van der Waals surface area contributed by atoms with E-state index in [4.69, 9.17) is 0 Å². The van der Waals surface area contributed by atoms with E-state index in [0.29, 0.717) is 18.3 Å². The van der Waals surface area contributed by atoms with Crippen molar-refractivity contribution < 1.29 is 4.79 Å². The van der Waals surface area contributed by atoms with Crippen LogP contribution in [0.15, 0.2) is 46.8 Å². The van der Waals surface area contributed by atoms with Gasteiger partial charge in [-0.25, -0.2) is 4.98 Å². The largest absolute Gasteiger partial charge is 0.326 e. The Kier molecular flexibility index (Phi) is 8.34. The lowest BCUT2D eigenvalue weighted by molar-refractivity contribution is -0.116. The van der Waals surface area contributed by atoms with Gasteiger partial charge in [0.05, 0.1) is 10.2 Å². The summed E-state index contributed by atoms with van der Waals surface area (Å²) in [5.74, 6) is 1.95. The average molecular weight is 441 g/mol. The zero-order valence-electron chi connectivity index (χ0n) is 18.4. The quantitative estimate of drug-likeness (QED) is 0.258. The maximum absolute atomic E-state index is 12.6. The van der Waals surface area contributed by atoms with Crippen LogP contribution >= 0.6 is 23.1 Å². The second-order valence-electron chi connectivity index (χ2n) is 8.28. The van der Waals surface area contributed by atoms with Crippen molar-refractivity contribution in [3.05, 3.63) is 53.6 Å². The van der Waals surface area contributed by atoms with Gasteiger partial charge >= 0.3 is 0 Å². The molecule has 0 saturated heterocycles. The number of unbranched alkanes of at least 4 members (excludes halogenated alkanes) is 2. The Hall–Kier alpha value is -1.85. The summed E-state index contributed by atoms with van der Waals surface area (Å²) in [6.07, 6.45) is 3.67. The summed E-state index contributed by atoms with van der Waals surface area (Å²) < 4.78 is 2.39. The molecule has 1 amide bonds. The Morgan fingerprint density at radius 2 is 1.67 bits per heavy atom. The molecule has 160 valence electrons. The zero-order valence-corrected chi connectivity index (χ0v) is 20.0. The molecule has 0 saturated carbocycles. The van der Waals surface area contributed by atoms with Crippen molar-refractivity contribution in [1.82, 2.24) is 4.98 Å². The molecule has 0 bridgehead atoms. The first-order valence-corrected chi connectivity index (χ1v) is 12.7. The number of hydrogen-bond acceptors (Lipinski definition) is 4. The second-order valence-corrected chi connectivity index (χ2v) is 10.6. The maximum Gasteiger partial charge on any atom is 0.224 e. The first kappa shape index (κ1) is 22.8. The summed E-state index contributed by atoms with van der Waals surface area (Å²) in [5.41, 5.74) is 4.56. The predicted octanol–water partition coefficient (Wildman–Crippen LogP) is 7.83. The molecule has 0 radical (unpaired) electrons. The molecule has 3 nitrogen and oxygen atoms in total. The molecule has 0 aliphatic heterocycles. The highest BCUT2D eigenvalue weighted by Crippen LogP contribution is 2.33. The van der Waals surface area contributed by atoms with E-state index in [2.05, 4.69) is 74.4 Å². The van der Waals surface area contributed by atoms with Gasteiger partial charge in [-0.3, -0.25) is 4.79 Å². The van der Waals surface area contributed by atoms with Gasteiger partial charge in [-0.15, -0.1) is 11.3 Å². The van der Waals surface area contributed by atoms with Gasteiger partial charge in [-0.2, -0.15) is 0 Å². The molecule has 5 heteroatoms.